The van der Waals surface area contributed by atoms with E-state index in [-0.39, 0.29) is 23.7 Å². The summed E-state index contributed by atoms with van der Waals surface area (Å²) in [6, 6.07) is 3.54. The standard InChI is InChI=1S/C25H37NO11/c1-10-32-20(29)37-25(19(27)28,26-15(2)3)14-16-11-12-17(33-21(30)35-23(4,5)6)18(13-16)34-22(31)36-24(7,8)9/h11-13,15,26H,10,14H2,1-9H3,(H,27,28)/t25-/m0/s1. The van der Waals surface area contributed by atoms with Crippen LogP contribution in [0.15, 0.2) is 18.2 Å². The summed E-state index contributed by atoms with van der Waals surface area (Å²) in [4.78, 5) is 48.9. The van der Waals surface area contributed by atoms with E-state index >= 15 is 0 Å². The van der Waals surface area contributed by atoms with Crippen LogP contribution in [-0.2, 0) is 30.2 Å². The van der Waals surface area contributed by atoms with Crippen molar-refractivity contribution >= 4 is 24.4 Å². The summed E-state index contributed by atoms with van der Waals surface area (Å²) in [5, 5.41) is 12.7. The Morgan fingerprint density at radius 1 is 0.838 bits per heavy atom. The number of carbonyl (C=O) groups is 4. The highest BCUT2D eigenvalue weighted by Gasteiger charge is 2.44. The molecule has 208 valence electrons. The maximum atomic E-state index is 12.4. The van der Waals surface area contributed by atoms with Gasteiger partial charge in [0.05, 0.1) is 6.61 Å². The smallest absolute Gasteiger partial charge is 0.477 e. The third kappa shape index (κ3) is 11.4. The Hall–Kier alpha value is -3.54. The molecule has 12 heteroatoms. The number of benzene rings is 1. The van der Waals surface area contributed by atoms with Crippen LogP contribution in [0.1, 0.15) is 67.9 Å². The van der Waals surface area contributed by atoms with Crippen molar-refractivity contribution in [1.29, 1.82) is 0 Å². The zero-order chi connectivity index (χ0) is 28.6. The minimum atomic E-state index is -2.23. The normalized spacial score (nSPS) is 13.2. The molecule has 0 amide bonds. The highest BCUT2D eigenvalue weighted by molar-refractivity contribution is 5.80. The average Bonchev–Trinajstić information content (AvgIpc) is 2.66. The molecule has 0 unspecified atom stereocenters. The molecule has 37 heavy (non-hydrogen) atoms. The van der Waals surface area contributed by atoms with Crippen LogP contribution >= 0.6 is 0 Å². The molecule has 0 bridgehead atoms. The van der Waals surface area contributed by atoms with Crippen molar-refractivity contribution in [3.8, 4) is 11.5 Å². The molecule has 1 atom stereocenters. The van der Waals surface area contributed by atoms with E-state index in [0.29, 0.717) is 0 Å². The van der Waals surface area contributed by atoms with Gasteiger partial charge in [0.2, 0.25) is 0 Å². The predicted octanol–water partition coefficient (Wildman–Crippen LogP) is 4.81. The van der Waals surface area contributed by atoms with Crippen molar-refractivity contribution in [3.05, 3.63) is 23.8 Å². The highest BCUT2D eigenvalue weighted by atomic mass is 16.8. The van der Waals surface area contributed by atoms with Gasteiger partial charge in [0, 0.05) is 12.5 Å². The molecule has 0 aliphatic carbocycles. The van der Waals surface area contributed by atoms with Gasteiger partial charge in [-0.2, -0.15) is 0 Å². The number of aliphatic carboxylic acids is 1. The lowest BCUT2D eigenvalue weighted by molar-refractivity contribution is -0.166. The van der Waals surface area contributed by atoms with Crippen molar-refractivity contribution in [2.45, 2.75) is 91.7 Å². The fourth-order valence-corrected chi connectivity index (χ4v) is 2.89. The molecule has 0 radical (unpaired) electrons. The van der Waals surface area contributed by atoms with Gasteiger partial charge in [-0.3, -0.25) is 5.32 Å². The first-order chi connectivity index (χ1) is 16.9. The van der Waals surface area contributed by atoms with Gasteiger partial charge in [-0.15, -0.1) is 0 Å². The van der Waals surface area contributed by atoms with Crippen LogP contribution in [0.4, 0.5) is 14.4 Å². The van der Waals surface area contributed by atoms with Crippen molar-refractivity contribution in [1.82, 2.24) is 5.32 Å². The van der Waals surface area contributed by atoms with Crippen molar-refractivity contribution in [3.63, 3.8) is 0 Å². The molecule has 12 nitrogen and oxygen atoms in total. The zero-order valence-corrected chi connectivity index (χ0v) is 22.8. The van der Waals surface area contributed by atoms with Crippen LogP contribution in [0, 0.1) is 0 Å². The van der Waals surface area contributed by atoms with E-state index in [2.05, 4.69) is 5.32 Å². The number of carbonyl (C=O) groups excluding carboxylic acids is 3. The van der Waals surface area contributed by atoms with Crippen LogP contribution in [0.2, 0.25) is 0 Å². The SMILES string of the molecule is CCOC(=O)O[C@](Cc1ccc(OC(=O)OC(C)(C)C)c(OC(=O)OC(C)(C)C)c1)(NC(C)C)C(=O)O. The van der Waals surface area contributed by atoms with E-state index in [9.17, 15) is 24.3 Å². The summed E-state index contributed by atoms with van der Waals surface area (Å²) in [5.74, 6) is -1.93. The number of rotatable bonds is 9. The van der Waals surface area contributed by atoms with Gasteiger partial charge in [0.1, 0.15) is 11.2 Å². The second-order valence-corrected chi connectivity index (χ2v) is 10.3. The van der Waals surface area contributed by atoms with Crippen LogP contribution < -0.4 is 14.8 Å². The number of hydrogen-bond donors (Lipinski definition) is 2. The van der Waals surface area contributed by atoms with Crippen molar-refractivity contribution in [2.24, 2.45) is 0 Å². The van der Waals surface area contributed by atoms with E-state index < -0.39 is 53.8 Å². The molecular weight excluding hydrogens is 490 g/mol. The summed E-state index contributed by atoms with van der Waals surface area (Å²) in [6.45, 7) is 14.7. The van der Waals surface area contributed by atoms with Gasteiger partial charge >= 0.3 is 24.4 Å². The van der Waals surface area contributed by atoms with E-state index in [1.165, 1.54) is 18.2 Å². The minimum Gasteiger partial charge on any atom is -0.477 e. The Kier molecular flexibility index (Phi) is 10.7. The van der Waals surface area contributed by atoms with E-state index in [0.717, 1.165) is 0 Å². The summed E-state index contributed by atoms with van der Waals surface area (Å²) in [5.41, 5.74) is -3.71. The number of nitrogens with one attached hydrogen (secondary N) is 1. The van der Waals surface area contributed by atoms with Crippen molar-refractivity contribution < 1.29 is 52.7 Å². The lowest BCUT2D eigenvalue weighted by Crippen LogP contribution is -2.59. The molecule has 1 aromatic carbocycles. The Balaban J connectivity index is 3.45. The highest BCUT2D eigenvalue weighted by Crippen LogP contribution is 2.32. The molecule has 0 fully saturated rings. The third-order valence-corrected chi connectivity index (χ3v) is 4.01. The Labute approximate surface area is 216 Å². The minimum absolute atomic E-state index is 0.0270. The van der Waals surface area contributed by atoms with Gasteiger partial charge in [0.15, 0.2) is 11.5 Å². The second-order valence-electron chi connectivity index (χ2n) is 10.3. The van der Waals surface area contributed by atoms with Gasteiger partial charge in [0.25, 0.3) is 5.72 Å². The first-order valence-corrected chi connectivity index (χ1v) is 11.7. The monoisotopic (exact) mass is 527 g/mol. The van der Waals surface area contributed by atoms with Crippen LogP contribution in [0.3, 0.4) is 0 Å². The van der Waals surface area contributed by atoms with Crippen LogP contribution in [0.25, 0.3) is 0 Å². The Bertz CT molecular complexity index is 976. The van der Waals surface area contributed by atoms with E-state index in [4.69, 9.17) is 28.4 Å². The van der Waals surface area contributed by atoms with Crippen molar-refractivity contribution in [2.75, 3.05) is 6.61 Å². The molecule has 2 N–H and O–H groups in total. The largest absolute Gasteiger partial charge is 0.514 e. The second kappa shape index (κ2) is 12.6. The number of carboxylic acid groups (broad SMARTS) is 1. The van der Waals surface area contributed by atoms with Crippen LogP contribution in [-0.4, -0.2) is 59.1 Å². The molecule has 0 heterocycles. The molecule has 0 saturated carbocycles. The fraction of sp³-hybridized carbons (Fsp3) is 0.600. The van der Waals surface area contributed by atoms with Gasteiger partial charge in [-0.25, -0.2) is 19.2 Å². The van der Waals surface area contributed by atoms with Gasteiger partial charge in [-0.05, 0) is 80.0 Å². The predicted molar refractivity (Wildman–Crippen MR) is 131 cm³/mol. The van der Waals surface area contributed by atoms with Crippen LogP contribution in [0.5, 0.6) is 11.5 Å². The summed E-state index contributed by atoms with van der Waals surface area (Å²) < 4.78 is 30.8. The molecular formula is C25H37NO11. The quantitative estimate of drug-likeness (QED) is 0.196. The third-order valence-electron chi connectivity index (χ3n) is 4.01. The molecule has 1 aromatic rings. The maximum absolute atomic E-state index is 12.4. The molecule has 0 aromatic heterocycles. The topological polar surface area (TPSA) is 156 Å². The maximum Gasteiger partial charge on any atom is 0.514 e. The lowest BCUT2D eigenvalue weighted by Gasteiger charge is -2.31. The molecule has 0 aliphatic rings. The zero-order valence-electron chi connectivity index (χ0n) is 22.8. The first-order valence-electron chi connectivity index (χ1n) is 11.7. The number of carboxylic acids is 1. The molecule has 0 aliphatic heterocycles. The summed E-state index contributed by atoms with van der Waals surface area (Å²) in [7, 11) is 0. The molecule has 1 rings (SSSR count). The number of hydrogen-bond acceptors (Lipinski definition) is 11. The fourth-order valence-electron chi connectivity index (χ4n) is 2.89. The van der Waals surface area contributed by atoms with Gasteiger partial charge < -0.3 is 33.5 Å². The van der Waals surface area contributed by atoms with E-state index in [1.54, 1.807) is 62.3 Å². The lowest BCUT2D eigenvalue weighted by atomic mass is 10.0. The van der Waals surface area contributed by atoms with Gasteiger partial charge in [-0.1, -0.05) is 6.07 Å². The number of ether oxygens (including phenoxy) is 6. The van der Waals surface area contributed by atoms with E-state index in [1.807, 2.05) is 0 Å². The summed E-state index contributed by atoms with van der Waals surface area (Å²) >= 11 is 0. The molecule has 0 spiro atoms. The molecule has 0 saturated heterocycles. The average molecular weight is 528 g/mol. The Morgan fingerprint density at radius 2 is 1.35 bits per heavy atom. The summed E-state index contributed by atoms with van der Waals surface area (Å²) in [6.07, 6.45) is -3.74. The Morgan fingerprint density at radius 3 is 1.78 bits per heavy atom. The first kappa shape index (κ1) is 31.5.